The molecule has 0 fully saturated rings. The predicted octanol–water partition coefficient (Wildman–Crippen LogP) is 3.55. The smallest absolute Gasteiger partial charge is 0.339 e. The molecule has 0 saturated heterocycles. The second-order valence-electron chi connectivity index (χ2n) is 4.54. The third-order valence-electron chi connectivity index (χ3n) is 2.96. The van der Waals surface area contributed by atoms with Crippen LogP contribution in [0.2, 0.25) is 0 Å². The van der Waals surface area contributed by atoms with Gasteiger partial charge in [0.2, 0.25) is 0 Å². The summed E-state index contributed by atoms with van der Waals surface area (Å²) in [5, 5.41) is 9.29. The van der Waals surface area contributed by atoms with E-state index in [0.29, 0.717) is 12.8 Å². The summed E-state index contributed by atoms with van der Waals surface area (Å²) in [4.78, 5) is 21.8. The van der Waals surface area contributed by atoms with Gasteiger partial charge in [-0.05, 0) is 26.2 Å². The van der Waals surface area contributed by atoms with Crippen LogP contribution in [0.4, 0.5) is 0 Å². The van der Waals surface area contributed by atoms with E-state index >= 15 is 0 Å². The molecule has 17 heavy (non-hydrogen) atoms. The van der Waals surface area contributed by atoms with Crippen molar-refractivity contribution in [2.75, 3.05) is 0 Å². The van der Waals surface area contributed by atoms with Crippen LogP contribution in [0.15, 0.2) is 0 Å². The Labute approximate surface area is 104 Å². The largest absolute Gasteiger partial charge is 0.479 e. The molecule has 0 heterocycles. The van der Waals surface area contributed by atoms with Crippen LogP contribution in [0.5, 0.6) is 0 Å². The summed E-state index contributed by atoms with van der Waals surface area (Å²) in [7, 11) is 0. The number of carboxylic acid groups (broad SMARTS) is 1. The molecule has 1 N–H and O–H groups in total. The Morgan fingerprint density at radius 3 is 2.35 bits per heavy atom. The lowest BCUT2D eigenvalue weighted by Crippen LogP contribution is -2.42. The van der Waals surface area contributed by atoms with Gasteiger partial charge < -0.3 is 5.11 Å². The van der Waals surface area contributed by atoms with E-state index in [2.05, 4.69) is 6.92 Å². The summed E-state index contributed by atoms with van der Waals surface area (Å²) < 4.78 is 0. The zero-order valence-electron chi connectivity index (χ0n) is 11.5. The van der Waals surface area contributed by atoms with Crippen molar-refractivity contribution in [1.82, 2.24) is 0 Å². The minimum Gasteiger partial charge on any atom is -0.479 e. The SMILES string of the molecule is CCCCC(CC)(OOC(C)CCC)C(=O)O. The Bertz CT molecular complexity index is 217. The first-order valence-corrected chi connectivity index (χ1v) is 6.60. The minimum atomic E-state index is -1.18. The summed E-state index contributed by atoms with van der Waals surface area (Å²) in [5.41, 5.74) is -1.18. The van der Waals surface area contributed by atoms with Gasteiger partial charge in [-0.3, -0.25) is 0 Å². The second kappa shape index (κ2) is 8.48. The molecule has 0 spiro atoms. The van der Waals surface area contributed by atoms with E-state index in [9.17, 15) is 9.90 Å². The Morgan fingerprint density at radius 1 is 1.29 bits per heavy atom. The third-order valence-corrected chi connectivity index (χ3v) is 2.96. The summed E-state index contributed by atoms with van der Waals surface area (Å²) in [6, 6.07) is 0. The molecule has 0 radical (unpaired) electrons. The van der Waals surface area contributed by atoms with Gasteiger partial charge in [0.15, 0.2) is 5.60 Å². The Morgan fingerprint density at radius 2 is 1.94 bits per heavy atom. The zero-order chi connectivity index (χ0) is 13.3. The van der Waals surface area contributed by atoms with Gasteiger partial charge in [0.05, 0.1) is 6.10 Å². The highest BCUT2D eigenvalue weighted by Crippen LogP contribution is 2.25. The van der Waals surface area contributed by atoms with Crippen LogP contribution >= 0.6 is 0 Å². The topological polar surface area (TPSA) is 55.8 Å². The van der Waals surface area contributed by atoms with Gasteiger partial charge in [-0.25, -0.2) is 14.6 Å². The predicted molar refractivity (Wildman–Crippen MR) is 66.7 cm³/mol. The maximum atomic E-state index is 11.3. The van der Waals surface area contributed by atoms with Gasteiger partial charge in [0.25, 0.3) is 0 Å². The summed E-state index contributed by atoms with van der Waals surface area (Å²) in [6.07, 6.45) is 4.48. The minimum absolute atomic E-state index is 0.0631. The van der Waals surface area contributed by atoms with Crippen molar-refractivity contribution in [2.24, 2.45) is 0 Å². The number of aliphatic carboxylic acids is 1. The standard InChI is InChI=1S/C13H26O4/c1-5-8-10-13(7-3,12(14)15)17-16-11(4)9-6-2/h11H,5-10H2,1-4H3,(H,14,15). The number of carboxylic acids is 1. The molecule has 0 amide bonds. The van der Waals surface area contributed by atoms with E-state index in [0.717, 1.165) is 25.7 Å². The first-order valence-electron chi connectivity index (χ1n) is 6.60. The van der Waals surface area contributed by atoms with Gasteiger partial charge >= 0.3 is 5.97 Å². The van der Waals surface area contributed by atoms with E-state index in [1.54, 1.807) is 0 Å². The van der Waals surface area contributed by atoms with Crippen molar-refractivity contribution in [3.8, 4) is 0 Å². The van der Waals surface area contributed by atoms with Crippen LogP contribution in [-0.2, 0) is 14.6 Å². The van der Waals surface area contributed by atoms with E-state index in [-0.39, 0.29) is 6.10 Å². The van der Waals surface area contributed by atoms with Gasteiger partial charge in [-0.1, -0.05) is 40.0 Å². The Balaban J connectivity index is 4.41. The lowest BCUT2D eigenvalue weighted by Gasteiger charge is -2.28. The lowest BCUT2D eigenvalue weighted by molar-refractivity contribution is -0.377. The van der Waals surface area contributed by atoms with Crippen molar-refractivity contribution >= 4 is 5.97 Å². The molecule has 0 aliphatic heterocycles. The van der Waals surface area contributed by atoms with Crippen molar-refractivity contribution in [3.63, 3.8) is 0 Å². The fourth-order valence-electron chi connectivity index (χ4n) is 1.66. The average Bonchev–Trinajstić information content (AvgIpc) is 2.30. The number of carbonyl (C=O) groups is 1. The summed E-state index contributed by atoms with van der Waals surface area (Å²) in [5.74, 6) is -0.933. The van der Waals surface area contributed by atoms with Crippen LogP contribution in [-0.4, -0.2) is 22.8 Å². The normalized spacial score (nSPS) is 16.5. The quantitative estimate of drug-likeness (QED) is 0.473. The fraction of sp³-hybridized carbons (Fsp3) is 0.923. The van der Waals surface area contributed by atoms with Crippen LogP contribution in [0.3, 0.4) is 0 Å². The number of unbranched alkanes of at least 4 members (excludes halogenated alkanes) is 1. The van der Waals surface area contributed by atoms with Crippen molar-refractivity contribution in [3.05, 3.63) is 0 Å². The second-order valence-corrected chi connectivity index (χ2v) is 4.54. The molecule has 0 aromatic carbocycles. The number of hydrogen-bond donors (Lipinski definition) is 1. The summed E-state index contributed by atoms with van der Waals surface area (Å²) in [6.45, 7) is 7.80. The van der Waals surface area contributed by atoms with Crippen LogP contribution < -0.4 is 0 Å². The Kier molecular flexibility index (Phi) is 8.17. The van der Waals surface area contributed by atoms with Crippen molar-refractivity contribution in [1.29, 1.82) is 0 Å². The van der Waals surface area contributed by atoms with Gasteiger partial charge in [0, 0.05) is 0 Å². The maximum absolute atomic E-state index is 11.3. The van der Waals surface area contributed by atoms with Crippen molar-refractivity contribution < 1.29 is 19.7 Å². The molecule has 0 aliphatic rings. The highest BCUT2D eigenvalue weighted by Gasteiger charge is 2.39. The first kappa shape index (κ1) is 16.4. The van der Waals surface area contributed by atoms with Crippen molar-refractivity contribution in [2.45, 2.75) is 77.9 Å². The molecule has 0 rings (SSSR count). The molecule has 2 atom stereocenters. The first-order chi connectivity index (χ1) is 8.02. The molecular formula is C13H26O4. The lowest BCUT2D eigenvalue weighted by atomic mass is 9.94. The summed E-state index contributed by atoms with van der Waals surface area (Å²) >= 11 is 0. The third kappa shape index (κ3) is 5.50. The van der Waals surface area contributed by atoms with Gasteiger partial charge in [-0.15, -0.1) is 0 Å². The van der Waals surface area contributed by atoms with E-state index in [4.69, 9.17) is 9.78 Å². The molecule has 2 unspecified atom stereocenters. The molecule has 0 saturated carbocycles. The van der Waals surface area contributed by atoms with E-state index in [1.807, 2.05) is 20.8 Å². The molecule has 0 aromatic rings. The highest BCUT2D eigenvalue weighted by molar-refractivity contribution is 5.77. The molecule has 0 aromatic heterocycles. The number of hydrogen-bond acceptors (Lipinski definition) is 3. The molecule has 4 heteroatoms. The van der Waals surface area contributed by atoms with E-state index < -0.39 is 11.6 Å². The fourth-order valence-corrected chi connectivity index (χ4v) is 1.66. The van der Waals surface area contributed by atoms with E-state index in [1.165, 1.54) is 0 Å². The molecule has 102 valence electrons. The molecule has 4 nitrogen and oxygen atoms in total. The maximum Gasteiger partial charge on any atom is 0.339 e. The Hall–Kier alpha value is -0.610. The number of rotatable bonds is 10. The molecular weight excluding hydrogens is 220 g/mol. The molecule has 0 aliphatic carbocycles. The van der Waals surface area contributed by atoms with Crippen LogP contribution in [0.25, 0.3) is 0 Å². The molecule has 0 bridgehead atoms. The van der Waals surface area contributed by atoms with Crippen LogP contribution in [0.1, 0.15) is 66.2 Å². The average molecular weight is 246 g/mol. The van der Waals surface area contributed by atoms with Gasteiger partial charge in [-0.2, -0.15) is 0 Å². The highest BCUT2D eigenvalue weighted by atomic mass is 17.2. The zero-order valence-corrected chi connectivity index (χ0v) is 11.5. The monoisotopic (exact) mass is 246 g/mol. The van der Waals surface area contributed by atoms with Crippen LogP contribution in [0, 0.1) is 0 Å². The van der Waals surface area contributed by atoms with Gasteiger partial charge in [0.1, 0.15) is 0 Å².